The summed E-state index contributed by atoms with van der Waals surface area (Å²) in [5.41, 5.74) is 0. The van der Waals surface area contributed by atoms with E-state index in [1.54, 1.807) is 6.92 Å². The number of amides is 1. The number of nitrogens with one attached hydrogen (secondary N) is 1. The summed E-state index contributed by atoms with van der Waals surface area (Å²) in [6.07, 6.45) is 2.31. The molecule has 1 rings (SSSR count). The van der Waals surface area contributed by atoms with Crippen LogP contribution in [0, 0.1) is 0 Å². The molecule has 1 fully saturated rings. The van der Waals surface area contributed by atoms with E-state index in [-0.39, 0.29) is 5.91 Å². The summed E-state index contributed by atoms with van der Waals surface area (Å²) >= 11 is 0. The normalized spacial score (nSPS) is 18.5. The Kier molecular flexibility index (Phi) is 6.42. The molecule has 1 aliphatic heterocycles. The van der Waals surface area contributed by atoms with Gasteiger partial charge in [-0.1, -0.05) is 6.92 Å². The summed E-state index contributed by atoms with van der Waals surface area (Å²) in [6.45, 7) is 11.1. The molecule has 4 heteroatoms. The summed E-state index contributed by atoms with van der Waals surface area (Å²) in [5.74, 6) is 0.217. The third-order valence-electron chi connectivity index (χ3n) is 3.11. The van der Waals surface area contributed by atoms with Gasteiger partial charge in [0.05, 0.1) is 0 Å². The maximum absolute atomic E-state index is 11.3. The SMILES string of the molecule is CCNCCCN1CCCN(C(C)=O)CC1. The standard InChI is InChI=1S/C12H25N3O/c1-3-13-6-4-7-14-8-5-9-15(11-10-14)12(2)16/h13H,3-11H2,1-2H3. The quantitative estimate of drug-likeness (QED) is 0.696. The topological polar surface area (TPSA) is 35.6 Å². The first kappa shape index (κ1) is 13.5. The van der Waals surface area contributed by atoms with Gasteiger partial charge in [0.1, 0.15) is 0 Å². The maximum Gasteiger partial charge on any atom is 0.219 e. The van der Waals surface area contributed by atoms with Crippen molar-refractivity contribution in [2.24, 2.45) is 0 Å². The molecule has 1 saturated heterocycles. The summed E-state index contributed by atoms with van der Waals surface area (Å²) < 4.78 is 0. The van der Waals surface area contributed by atoms with E-state index >= 15 is 0 Å². The minimum Gasteiger partial charge on any atom is -0.342 e. The van der Waals surface area contributed by atoms with Gasteiger partial charge >= 0.3 is 0 Å². The first-order valence-electron chi connectivity index (χ1n) is 6.42. The fourth-order valence-electron chi connectivity index (χ4n) is 2.11. The molecule has 0 spiro atoms. The Morgan fingerprint density at radius 2 is 2.06 bits per heavy atom. The van der Waals surface area contributed by atoms with Crippen molar-refractivity contribution in [3.05, 3.63) is 0 Å². The van der Waals surface area contributed by atoms with Crippen molar-refractivity contribution in [3.63, 3.8) is 0 Å². The average molecular weight is 227 g/mol. The van der Waals surface area contributed by atoms with E-state index in [1.807, 2.05) is 4.90 Å². The van der Waals surface area contributed by atoms with Gasteiger partial charge in [0.15, 0.2) is 0 Å². The predicted molar refractivity (Wildman–Crippen MR) is 66.5 cm³/mol. The van der Waals surface area contributed by atoms with Crippen LogP contribution in [0.2, 0.25) is 0 Å². The molecule has 0 aromatic rings. The second kappa shape index (κ2) is 7.63. The zero-order valence-electron chi connectivity index (χ0n) is 10.7. The monoisotopic (exact) mass is 227 g/mol. The molecule has 16 heavy (non-hydrogen) atoms. The second-order valence-corrected chi connectivity index (χ2v) is 4.41. The Morgan fingerprint density at radius 1 is 1.25 bits per heavy atom. The first-order chi connectivity index (χ1) is 7.74. The highest BCUT2D eigenvalue weighted by Crippen LogP contribution is 2.03. The smallest absolute Gasteiger partial charge is 0.219 e. The lowest BCUT2D eigenvalue weighted by atomic mass is 10.3. The third-order valence-corrected chi connectivity index (χ3v) is 3.11. The van der Waals surface area contributed by atoms with Crippen LogP contribution in [0.3, 0.4) is 0 Å². The van der Waals surface area contributed by atoms with Crippen LogP contribution < -0.4 is 5.32 Å². The van der Waals surface area contributed by atoms with Crippen LogP contribution in [0.15, 0.2) is 0 Å². The van der Waals surface area contributed by atoms with Crippen LogP contribution in [0.25, 0.3) is 0 Å². The van der Waals surface area contributed by atoms with Gasteiger partial charge in [-0.25, -0.2) is 0 Å². The molecule has 0 radical (unpaired) electrons. The van der Waals surface area contributed by atoms with E-state index in [0.717, 1.165) is 52.2 Å². The zero-order valence-corrected chi connectivity index (χ0v) is 10.7. The minimum absolute atomic E-state index is 0.217. The fraction of sp³-hybridized carbons (Fsp3) is 0.917. The number of carbonyl (C=O) groups excluding carboxylic acids is 1. The van der Waals surface area contributed by atoms with Crippen LogP contribution >= 0.6 is 0 Å². The van der Waals surface area contributed by atoms with Gasteiger partial charge in [-0.05, 0) is 39.0 Å². The Balaban J connectivity index is 2.17. The van der Waals surface area contributed by atoms with Gasteiger partial charge in [-0.3, -0.25) is 4.79 Å². The van der Waals surface area contributed by atoms with E-state index in [4.69, 9.17) is 0 Å². The van der Waals surface area contributed by atoms with Crippen molar-refractivity contribution in [2.75, 3.05) is 45.8 Å². The molecule has 0 aromatic carbocycles. The first-order valence-corrected chi connectivity index (χ1v) is 6.42. The molecule has 1 aliphatic rings. The number of nitrogens with zero attached hydrogens (tertiary/aromatic N) is 2. The molecule has 0 bridgehead atoms. The number of rotatable bonds is 5. The molecule has 0 aliphatic carbocycles. The molecule has 94 valence electrons. The largest absolute Gasteiger partial charge is 0.342 e. The summed E-state index contributed by atoms with van der Waals surface area (Å²) in [7, 11) is 0. The zero-order chi connectivity index (χ0) is 11.8. The van der Waals surface area contributed by atoms with E-state index in [0.29, 0.717) is 0 Å². The summed E-state index contributed by atoms with van der Waals surface area (Å²) in [6, 6.07) is 0. The number of hydrogen-bond acceptors (Lipinski definition) is 3. The number of hydrogen-bond donors (Lipinski definition) is 1. The van der Waals surface area contributed by atoms with Crippen molar-refractivity contribution < 1.29 is 4.79 Å². The number of carbonyl (C=O) groups is 1. The van der Waals surface area contributed by atoms with Crippen LogP contribution in [-0.4, -0.2) is 61.5 Å². The Labute approximate surface area is 99.0 Å². The molecular formula is C12H25N3O. The highest BCUT2D eigenvalue weighted by atomic mass is 16.2. The predicted octanol–water partition coefficient (Wildman–Crippen LogP) is 0.540. The average Bonchev–Trinajstić information content (AvgIpc) is 2.50. The highest BCUT2D eigenvalue weighted by molar-refractivity contribution is 5.73. The second-order valence-electron chi connectivity index (χ2n) is 4.41. The van der Waals surface area contributed by atoms with Crippen molar-refractivity contribution in [1.82, 2.24) is 15.1 Å². The maximum atomic E-state index is 11.3. The van der Waals surface area contributed by atoms with Crippen LogP contribution in [0.5, 0.6) is 0 Å². The Hall–Kier alpha value is -0.610. The molecule has 1 N–H and O–H groups in total. The lowest BCUT2D eigenvalue weighted by molar-refractivity contribution is -0.128. The van der Waals surface area contributed by atoms with Crippen molar-refractivity contribution in [3.8, 4) is 0 Å². The van der Waals surface area contributed by atoms with Crippen LogP contribution in [0.4, 0.5) is 0 Å². The fourth-order valence-corrected chi connectivity index (χ4v) is 2.11. The van der Waals surface area contributed by atoms with Gasteiger partial charge in [0, 0.05) is 26.6 Å². The van der Waals surface area contributed by atoms with E-state index < -0.39 is 0 Å². The third kappa shape index (κ3) is 4.94. The minimum atomic E-state index is 0.217. The van der Waals surface area contributed by atoms with Crippen molar-refractivity contribution in [1.29, 1.82) is 0 Å². The molecule has 0 aromatic heterocycles. The van der Waals surface area contributed by atoms with Crippen LogP contribution in [0.1, 0.15) is 26.7 Å². The molecule has 1 heterocycles. The lowest BCUT2D eigenvalue weighted by Crippen LogP contribution is -2.34. The van der Waals surface area contributed by atoms with Gasteiger partial charge in [0.2, 0.25) is 5.91 Å². The van der Waals surface area contributed by atoms with Crippen LogP contribution in [-0.2, 0) is 4.79 Å². The molecule has 1 amide bonds. The highest BCUT2D eigenvalue weighted by Gasteiger charge is 2.15. The van der Waals surface area contributed by atoms with Crippen molar-refractivity contribution in [2.45, 2.75) is 26.7 Å². The Bertz CT molecular complexity index is 208. The molecule has 4 nitrogen and oxygen atoms in total. The molecule has 0 saturated carbocycles. The molecular weight excluding hydrogens is 202 g/mol. The summed E-state index contributed by atoms with van der Waals surface area (Å²) in [4.78, 5) is 15.7. The van der Waals surface area contributed by atoms with E-state index in [2.05, 4.69) is 17.1 Å². The molecule has 0 atom stereocenters. The Morgan fingerprint density at radius 3 is 2.75 bits per heavy atom. The summed E-state index contributed by atoms with van der Waals surface area (Å²) in [5, 5.41) is 3.34. The van der Waals surface area contributed by atoms with Crippen molar-refractivity contribution >= 4 is 5.91 Å². The van der Waals surface area contributed by atoms with Gasteiger partial charge in [0.25, 0.3) is 0 Å². The van der Waals surface area contributed by atoms with E-state index in [1.165, 1.54) is 6.42 Å². The van der Waals surface area contributed by atoms with E-state index in [9.17, 15) is 4.79 Å². The molecule has 0 unspecified atom stereocenters. The van der Waals surface area contributed by atoms with Gasteiger partial charge in [-0.2, -0.15) is 0 Å². The van der Waals surface area contributed by atoms with Gasteiger partial charge in [-0.15, -0.1) is 0 Å². The van der Waals surface area contributed by atoms with Gasteiger partial charge < -0.3 is 15.1 Å². The lowest BCUT2D eigenvalue weighted by Gasteiger charge is -2.20.